The largest absolute Gasteiger partial charge is 0.487 e. The van der Waals surface area contributed by atoms with Crippen molar-refractivity contribution >= 4 is 55.9 Å². The van der Waals surface area contributed by atoms with Crippen molar-refractivity contribution in [2.45, 2.75) is 6.61 Å². The van der Waals surface area contributed by atoms with E-state index in [1.54, 1.807) is 6.21 Å². The minimum atomic E-state index is 0.384. The second kappa shape index (κ2) is 12.6. The summed E-state index contributed by atoms with van der Waals surface area (Å²) in [4.78, 5) is 18.2. The van der Waals surface area contributed by atoms with E-state index in [0.717, 1.165) is 52.0 Å². The van der Waals surface area contributed by atoms with Crippen LogP contribution in [-0.2, 0) is 16.1 Å². The lowest BCUT2D eigenvalue weighted by atomic mass is 10.2. The minimum Gasteiger partial charge on any atom is -0.487 e. The van der Waals surface area contributed by atoms with Crippen LogP contribution >= 0.6 is 31.9 Å². The number of morpholine rings is 2. The quantitative estimate of drug-likeness (QED) is 0.291. The molecule has 10 nitrogen and oxygen atoms in total. The van der Waals surface area contributed by atoms with Crippen LogP contribution in [0.2, 0.25) is 0 Å². The van der Waals surface area contributed by atoms with Crippen molar-refractivity contribution in [3.8, 4) is 5.75 Å². The van der Waals surface area contributed by atoms with Gasteiger partial charge in [0.1, 0.15) is 12.4 Å². The van der Waals surface area contributed by atoms with Crippen molar-refractivity contribution in [3.05, 3.63) is 62.5 Å². The maximum absolute atomic E-state index is 6.02. The molecule has 2 aliphatic heterocycles. The number of hydrazone groups is 1. The fourth-order valence-electron chi connectivity index (χ4n) is 3.90. The summed E-state index contributed by atoms with van der Waals surface area (Å²) in [6.45, 7) is 5.99. The smallest absolute Gasteiger partial charge is 0.250 e. The highest BCUT2D eigenvalue weighted by atomic mass is 79.9. The van der Waals surface area contributed by atoms with Gasteiger partial charge in [0.15, 0.2) is 0 Å². The molecule has 0 bridgehead atoms. The van der Waals surface area contributed by atoms with E-state index in [4.69, 9.17) is 19.2 Å². The number of aromatic nitrogens is 3. The molecule has 0 saturated carbocycles. The van der Waals surface area contributed by atoms with Crippen molar-refractivity contribution in [2.24, 2.45) is 5.10 Å². The van der Waals surface area contributed by atoms with Gasteiger partial charge in [-0.15, -0.1) is 0 Å². The van der Waals surface area contributed by atoms with Crippen LogP contribution in [-0.4, -0.2) is 73.8 Å². The summed E-state index contributed by atoms with van der Waals surface area (Å²) in [5.74, 6) is 2.35. The summed E-state index contributed by atoms with van der Waals surface area (Å²) >= 11 is 7.23. The lowest BCUT2D eigenvalue weighted by molar-refractivity contribution is 0.121. The van der Waals surface area contributed by atoms with E-state index in [0.29, 0.717) is 50.9 Å². The summed E-state index contributed by atoms with van der Waals surface area (Å²) < 4.78 is 18.6. The Balaban J connectivity index is 1.30. The van der Waals surface area contributed by atoms with Crippen LogP contribution in [0.15, 0.2) is 56.5 Å². The SMILES string of the molecule is Brc1cc(C=NNc2nc(N3CCOCC3)nc(N3CCOCC3)n2)cc(Br)c1OCc1ccccc1. The molecule has 1 aromatic heterocycles. The van der Waals surface area contributed by atoms with Crippen molar-refractivity contribution in [3.63, 3.8) is 0 Å². The molecule has 0 spiro atoms. The molecule has 0 aliphatic carbocycles. The van der Waals surface area contributed by atoms with Gasteiger partial charge >= 0.3 is 0 Å². The predicted octanol–water partition coefficient (Wildman–Crippen LogP) is 4.09. The third-order valence-corrected chi connectivity index (χ3v) is 7.00. The summed E-state index contributed by atoms with van der Waals surface area (Å²) in [6.07, 6.45) is 1.71. The maximum atomic E-state index is 6.02. The zero-order chi connectivity index (χ0) is 25.5. The van der Waals surface area contributed by atoms with E-state index in [1.165, 1.54) is 0 Å². The van der Waals surface area contributed by atoms with E-state index < -0.39 is 0 Å². The molecule has 194 valence electrons. The Labute approximate surface area is 232 Å². The van der Waals surface area contributed by atoms with Crippen molar-refractivity contribution < 1.29 is 14.2 Å². The Morgan fingerprint density at radius 2 is 1.43 bits per heavy atom. The molecule has 2 aromatic carbocycles. The molecule has 3 heterocycles. The molecule has 0 atom stereocenters. The normalized spacial score (nSPS) is 16.3. The standard InChI is InChI=1S/C25H27Br2N7O3/c26-20-14-19(15-21(27)22(20)37-17-18-4-2-1-3-5-18)16-28-32-23-29-24(33-6-10-35-11-7-33)31-25(30-23)34-8-12-36-13-9-34/h1-5,14-16H,6-13,17H2,(H,29,30,31,32). The molecular weight excluding hydrogens is 606 g/mol. The summed E-state index contributed by atoms with van der Waals surface area (Å²) in [6, 6.07) is 13.9. The predicted molar refractivity (Wildman–Crippen MR) is 150 cm³/mol. The van der Waals surface area contributed by atoms with Gasteiger partial charge in [-0.2, -0.15) is 20.1 Å². The van der Waals surface area contributed by atoms with Crippen LogP contribution in [0.4, 0.5) is 17.8 Å². The maximum Gasteiger partial charge on any atom is 0.250 e. The third kappa shape index (κ3) is 6.95. The van der Waals surface area contributed by atoms with E-state index in [1.807, 2.05) is 42.5 Å². The number of rotatable bonds is 8. The number of hydrogen-bond acceptors (Lipinski definition) is 10. The Bertz CT molecular complexity index is 1160. The van der Waals surface area contributed by atoms with Gasteiger partial charge in [-0.05, 0) is 55.1 Å². The number of ether oxygens (including phenoxy) is 3. The molecule has 1 N–H and O–H groups in total. The summed E-state index contributed by atoms with van der Waals surface area (Å²) in [5.41, 5.74) is 4.95. The van der Waals surface area contributed by atoms with Gasteiger partial charge < -0.3 is 24.0 Å². The van der Waals surface area contributed by atoms with Crippen LogP contribution in [0.1, 0.15) is 11.1 Å². The number of hydrogen-bond donors (Lipinski definition) is 1. The number of nitrogens with zero attached hydrogens (tertiary/aromatic N) is 6. The molecule has 12 heteroatoms. The number of anilines is 3. The Kier molecular flexibility index (Phi) is 8.82. The van der Waals surface area contributed by atoms with Gasteiger partial charge in [-0.3, -0.25) is 0 Å². The van der Waals surface area contributed by atoms with Crippen molar-refractivity contribution in [1.29, 1.82) is 0 Å². The third-order valence-electron chi connectivity index (χ3n) is 5.82. The van der Waals surface area contributed by atoms with Crippen LogP contribution < -0.4 is 20.0 Å². The fourth-order valence-corrected chi connectivity index (χ4v) is 5.35. The Morgan fingerprint density at radius 3 is 2.00 bits per heavy atom. The van der Waals surface area contributed by atoms with Gasteiger partial charge in [-0.25, -0.2) is 5.43 Å². The number of nitrogens with one attached hydrogen (secondary N) is 1. The molecule has 37 heavy (non-hydrogen) atoms. The van der Waals surface area contributed by atoms with E-state index in [2.05, 4.69) is 62.2 Å². The fraction of sp³-hybridized carbons (Fsp3) is 0.360. The summed E-state index contributed by atoms with van der Waals surface area (Å²) in [7, 11) is 0. The molecule has 2 aliphatic rings. The van der Waals surface area contributed by atoms with Gasteiger partial charge in [0.25, 0.3) is 0 Å². The topological polar surface area (TPSA) is 97.2 Å². The zero-order valence-corrected chi connectivity index (χ0v) is 23.3. The second-order valence-electron chi connectivity index (χ2n) is 8.42. The van der Waals surface area contributed by atoms with Gasteiger partial charge in [0.05, 0.1) is 41.6 Å². The number of benzene rings is 2. The lowest BCUT2D eigenvalue weighted by Crippen LogP contribution is -2.40. The van der Waals surface area contributed by atoms with Crippen molar-refractivity contribution in [1.82, 2.24) is 15.0 Å². The monoisotopic (exact) mass is 631 g/mol. The summed E-state index contributed by atoms with van der Waals surface area (Å²) in [5, 5.41) is 4.39. The molecule has 5 rings (SSSR count). The van der Waals surface area contributed by atoms with Gasteiger partial charge in [0, 0.05) is 26.2 Å². The first-order valence-electron chi connectivity index (χ1n) is 12.0. The van der Waals surface area contributed by atoms with E-state index >= 15 is 0 Å². The molecule has 0 unspecified atom stereocenters. The lowest BCUT2D eigenvalue weighted by Gasteiger charge is -2.30. The average molecular weight is 633 g/mol. The highest BCUT2D eigenvalue weighted by molar-refractivity contribution is 9.11. The molecular formula is C25H27Br2N7O3. The first-order valence-corrected chi connectivity index (χ1v) is 13.6. The highest BCUT2D eigenvalue weighted by Crippen LogP contribution is 2.35. The highest BCUT2D eigenvalue weighted by Gasteiger charge is 2.20. The zero-order valence-electron chi connectivity index (χ0n) is 20.1. The first-order chi connectivity index (χ1) is 18.2. The molecule has 0 amide bonds. The van der Waals surface area contributed by atoms with Crippen molar-refractivity contribution in [2.75, 3.05) is 67.8 Å². The second-order valence-corrected chi connectivity index (χ2v) is 10.1. The van der Waals surface area contributed by atoms with Crippen LogP contribution in [0.3, 0.4) is 0 Å². The average Bonchev–Trinajstić information content (AvgIpc) is 2.94. The molecule has 2 fully saturated rings. The van der Waals surface area contributed by atoms with Crippen LogP contribution in [0.5, 0.6) is 5.75 Å². The van der Waals surface area contributed by atoms with Crippen LogP contribution in [0.25, 0.3) is 0 Å². The Morgan fingerprint density at radius 1 is 0.865 bits per heavy atom. The van der Waals surface area contributed by atoms with E-state index in [-0.39, 0.29) is 0 Å². The van der Waals surface area contributed by atoms with E-state index in [9.17, 15) is 0 Å². The van der Waals surface area contributed by atoms with Gasteiger partial charge in [-0.1, -0.05) is 30.3 Å². The molecule has 0 radical (unpaired) electrons. The molecule has 2 saturated heterocycles. The number of halogens is 2. The minimum absolute atomic E-state index is 0.384. The first kappa shape index (κ1) is 25.8. The van der Waals surface area contributed by atoms with Crippen LogP contribution in [0, 0.1) is 0 Å². The Hall–Kier alpha value is -2.80. The van der Waals surface area contributed by atoms with Gasteiger partial charge in [0.2, 0.25) is 17.8 Å². The molecule has 3 aromatic rings.